The number of benzene rings is 2. The first-order valence-electron chi connectivity index (χ1n) is 6.94. The average Bonchev–Trinajstić information content (AvgIpc) is 2.54. The number of nitrogens with zero attached hydrogens (tertiary/aromatic N) is 1. The summed E-state index contributed by atoms with van der Waals surface area (Å²) >= 11 is 0. The van der Waals surface area contributed by atoms with E-state index in [1.165, 1.54) is 37.3 Å². The minimum atomic E-state index is -1.33. The van der Waals surface area contributed by atoms with Crippen LogP contribution in [-0.4, -0.2) is 17.7 Å². The minimum Gasteiger partial charge on any atom is -0.384 e. The van der Waals surface area contributed by atoms with Gasteiger partial charge in [-0.25, -0.2) is 9.18 Å². The predicted molar refractivity (Wildman–Crippen MR) is 84.1 cm³/mol. The molecule has 1 unspecified atom stereocenters. The van der Waals surface area contributed by atoms with Crippen LogP contribution >= 0.6 is 0 Å². The Morgan fingerprint density at radius 3 is 2.65 bits per heavy atom. The lowest BCUT2D eigenvalue weighted by Crippen LogP contribution is -2.40. The fourth-order valence-electron chi connectivity index (χ4n) is 2.01. The van der Waals surface area contributed by atoms with E-state index >= 15 is 0 Å². The van der Waals surface area contributed by atoms with Crippen LogP contribution in [0.2, 0.25) is 0 Å². The van der Waals surface area contributed by atoms with E-state index in [-0.39, 0.29) is 6.54 Å². The van der Waals surface area contributed by atoms with Gasteiger partial charge < -0.3 is 15.7 Å². The molecule has 0 aliphatic carbocycles. The number of anilines is 1. The molecule has 2 aromatic carbocycles. The third-order valence-corrected chi connectivity index (χ3v) is 3.31. The fourth-order valence-corrected chi connectivity index (χ4v) is 2.01. The molecule has 118 valence electrons. The molecule has 5 nitrogen and oxygen atoms in total. The molecule has 3 N–H and O–H groups in total. The molecule has 6 heteroatoms. The van der Waals surface area contributed by atoms with E-state index in [0.717, 1.165) is 0 Å². The molecule has 0 heterocycles. The quantitative estimate of drug-likeness (QED) is 0.811. The lowest BCUT2D eigenvalue weighted by molar-refractivity contribution is 0.0599. The van der Waals surface area contributed by atoms with Crippen molar-refractivity contribution in [2.75, 3.05) is 11.9 Å². The molecule has 23 heavy (non-hydrogen) atoms. The highest BCUT2D eigenvalue weighted by Gasteiger charge is 2.23. The zero-order valence-corrected chi connectivity index (χ0v) is 12.5. The molecule has 2 amide bonds. The summed E-state index contributed by atoms with van der Waals surface area (Å²) in [6.45, 7) is 1.47. The van der Waals surface area contributed by atoms with Gasteiger partial charge in [0.1, 0.15) is 11.4 Å². The van der Waals surface area contributed by atoms with Crippen LogP contribution in [0.5, 0.6) is 0 Å². The molecule has 0 spiro atoms. The van der Waals surface area contributed by atoms with Gasteiger partial charge in [0.25, 0.3) is 0 Å². The zero-order valence-electron chi connectivity index (χ0n) is 12.5. The van der Waals surface area contributed by atoms with Crippen LogP contribution in [0.15, 0.2) is 48.5 Å². The van der Waals surface area contributed by atoms with Crippen LogP contribution in [0.3, 0.4) is 0 Å². The molecule has 0 saturated carbocycles. The van der Waals surface area contributed by atoms with Crippen molar-refractivity contribution in [2.24, 2.45) is 0 Å². The standard InChI is InChI=1S/C17H16FN3O2/c1-17(23,13-5-7-14(18)8-6-13)11-20-16(22)21-15-4-2-3-12(9-15)10-19/h2-9,23H,11H2,1H3,(H2,20,21,22). The van der Waals surface area contributed by atoms with Crippen molar-refractivity contribution in [3.8, 4) is 6.07 Å². The highest BCUT2D eigenvalue weighted by atomic mass is 19.1. The van der Waals surface area contributed by atoms with Crippen molar-refractivity contribution < 1.29 is 14.3 Å². The van der Waals surface area contributed by atoms with Gasteiger partial charge in [0, 0.05) is 5.69 Å². The molecule has 0 saturated heterocycles. The minimum absolute atomic E-state index is 0.0532. The van der Waals surface area contributed by atoms with E-state index in [0.29, 0.717) is 16.8 Å². The molecule has 2 aromatic rings. The van der Waals surface area contributed by atoms with E-state index in [1.807, 2.05) is 6.07 Å². The highest BCUT2D eigenvalue weighted by molar-refractivity contribution is 5.89. The van der Waals surface area contributed by atoms with Crippen molar-refractivity contribution in [3.63, 3.8) is 0 Å². The second-order valence-electron chi connectivity index (χ2n) is 5.28. The summed E-state index contributed by atoms with van der Waals surface area (Å²) in [5.74, 6) is -0.396. The van der Waals surface area contributed by atoms with Crippen LogP contribution in [0.1, 0.15) is 18.1 Å². The van der Waals surface area contributed by atoms with E-state index < -0.39 is 17.4 Å². The molecule has 0 bridgehead atoms. The van der Waals surface area contributed by atoms with Gasteiger partial charge in [-0.2, -0.15) is 5.26 Å². The summed E-state index contributed by atoms with van der Waals surface area (Å²) < 4.78 is 12.9. The second kappa shape index (κ2) is 6.90. The molecule has 0 aliphatic rings. The van der Waals surface area contributed by atoms with Crippen molar-refractivity contribution >= 4 is 11.7 Å². The van der Waals surface area contributed by atoms with E-state index in [2.05, 4.69) is 10.6 Å². The lowest BCUT2D eigenvalue weighted by atomic mass is 9.96. The SMILES string of the molecule is CC(O)(CNC(=O)Nc1cccc(C#N)c1)c1ccc(F)cc1. The maximum Gasteiger partial charge on any atom is 0.319 e. The zero-order chi connectivity index (χ0) is 16.9. The Kier molecular flexibility index (Phi) is 4.94. The Morgan fingerprint density at radius 1 is 1.30 bits per heavy atom. The number of halogens is 1. The Labute approximate surface area is 133 Å². The number of urea groups is 1. The summed E-state index contributed by atoms with van der Waals surface area (Å²) in [6, 6.07) is 13.4. The van der Waals surface area contributed by atoms with Crippen LogP contribution in [-0.2, 0) is 5.60 Å². The first-order valence-corrected chi connectivity index (χ1v) is 6.94. The molecule has 0 fully saturated rings. The van der Waals surface area contributed by atoms with E-state index in [9.17, 15) is 14.3 Å². The van der Waals surface area contributed by atoms with E-state index in [4.69, 9.17) is 5.26 Å². The van der Waals surface area contributed by atoms with Crippen LogP contribution in [0.4, 0.5) is 14.9 Å². The van der Waals surface area contributed by atoms with Crippen LogP contribution in [0, 0.1) is 17.1 Å². The largest absolute Gasteiger partial charge is 0.384 e. The molecule has 2 rings (SSSR count). The number of nitrogens with one attached hydrogen (secondary N) is 2. The maximum atomic E-state index is 12.9. The average molecular weight is 313 g/mol. The summed E-state index contributed by atoms with van der Waals surface area (Å²) in [5, 5.41) is 24.3. The van der Waals surface area contributed by atoms with Gasteiger partial charge in [-0.3, -0.25) is 0 Å². The monoisotopic (exact) mass is 313 g/mol. The maximum absolute atomic E-state index is 12.9. The highest BCUT2D eigenvalue weighted by Crippen LogP contribution is 2.20. The van der Waals surface area contributed by atoms with Gasteiger partial charge in [0.05, 0.1) is 18.2 Å². The van der Waals surface area contributed by atoms with E-state index in [1.54, 1.807) is 18.2 Å². The topological polar surface area (TPSA) is 85.2 Å². The summed E-state index contributed by atoms with van der Waals surface area (Å²) in [5.41, 5.74) is 0.0641. The van der Waals surface area contributed by atoms with Gasteiger partial charge in [0.15, 0.2) is 0 Å². The Hall–Kier alpha value is -2.91. The Bertz CT molecular complexity index is 736. The number of carbonyl (C=O) groups excluding carboxylic acids is 1. The van der Waals surface area contributed by atoms with Crippen LogP contribution < -0.4 is 10.6 Å². The van der Waals surface area contributed by atoms with Crippen molar-refractivity contribution in [2.45, 2.75) is 12.5 Å². The smallest absolute Gasteiger partial charge is 0.319 e. The Balaban J connectivity index is 1.95. The molecular weight excluding hydrogens is 297 g/mol. The van der Waals surface area contributed by atoms with Crippen molar-refractivity contribution in [3.05, 3.63) is 65.5 Å². The number of hydrogen-bond donors (Lipinski definition) is 3. The van der Waals surface area contributed by atoms with Gasteiger partial charge in [-0.15, -0.1) is 0 Å². The number of rotatable bonds is 4. The first-order chi connectivity index (χ1) is 10.9. The number of nitriles is 1. The molecular formula is C17H16FN3O2. The summed E-state index contributed by atoms with van der Waals surface area (Å²) in [6.07, 6.45) is 0. The second-order valence-corrected chi connectivity index (χ2v) is 5.28. The fraction of sp³-hybridized carbons (Fsp3) is 0.176. The molecule has 0 aliphatic heterocycles. The molecule has 0 aromatic heterocycles. The van der Waals surface area contributed by atoms with Gasteiger partial charge in [-0.1, -0.05) is 18.2 Å². The first kappa shape index (κ1) is 16.5. The number of aliphatic hydroxyl groups is 1. The van der Waals surface area contributed by atoms with Gasteiger partial charge in [0.2, 0.25) is 0 Å². The lowest BCUT2D eigenvalue weighted by Gasteiger charge is -2.24. The summed E-state index contributed by atoms with van der Waals surface area (Å²) in [4.78, 5) is 11.9. The molecule has 0 radical (unpaired) electrons. The van der Waals surface area contributed by atoms with Gasteiger partial charge >= 0.3 is 6.03 Å². The number of hydrogen-bond acceptors (Lipinski definition) is 3. The normalized spacial score (nSPS) is 12.8. The molecule has 1 atom stereocenters. The Morgan fingerprint density at radius 2 is 2.00 bits per heavy atom. The van der Waals surface area contributed by atoms with Crippen molar-refractivity contribution in [1.82, 2.24) is 5.32 Å². The van der Waals surface area contributed by atoms with Gasteiger partial charge in [-0.05, 0) is 42.8 Å². The number of amides is 2. The third kappa shape index (κ3) is 4.53. The predicted octanol–water partition coefficient (Wildman–Crippen LogP) is 2.73. The number of carbonyl (C=O) groups is 1. The third-order valence-electron chi connectivity index (χ3n) is 3.31. The van der Waals surface area contributed by atoms with Crippen molar-refractivity contribution in [1.29, 1.82) is 5.26 Å². The summed E-state index contributed by atoms with van der Waals surface area (Å²) in [7, 11) is 0. The van der Waals surface area contributed by atoms with Crippen LogP contribution in [0.25, 0.3) is 0 Å².